The highest BCUT2D eigenvalue weighted by molar-refractivity contribution is 5.24. The topological polar surface area (TPSA) is 21.3 Å². The largest absolute Gasteiger partial charge is 0.372 e. The van der Waals surface area contributed by atoms with E-state index in [1.54, 1.807) is 0 Å². The van der Waals surface area contributed by atoms with E-state index in [4.69, 9.17) is 4.74 Å². The van der Waals surface area contributed by atoms with Crippen LogP contribution in [0.5, 0.6) is 0 Å². The number of aryl methyl sites for hydroxylation is 1. The molecular formula is C17H27NO. The van der Waals surface area contributed by atoms with E-state index in [9.17, 15) is 0 Å². The second-order valence-corrected chi connectivity index (χ2v) is 6.86. The van der Waals surface area contributed by atoms with Crippen LogP contribution in [0, 0.1) is 12.3 Å². The molecule has 0 saturated carbocycles. The molecule has 1 N–H and O–H groups in total. The second-order valence-electron chi connectivity index (χ2n) is 6.86. The molecule has 0 amide bonds. The fourth-order valence-electron chi connectivity index (χ4n) is 2.77. The molecule has 0 aliphatic carbocycles. The minimum atomic E-state index is 0.160. The normalized spacial score (nSPS) is 29.0. The van der Waals surface area contributed by atoms with Crippen LogP contribution in [-0.2, 0) is 4.74 Å². The van der Waals surface area contributed by atoms with Crippen molar-refractivity contribution in [3.8, 4) is 0 Å². The number of hydrogen-bond donors (Lipinski definition) is 1. The molecule has 1 saturated heterocycles. The maximum Gasteiger partial charge on any atom is 0.0975 e. The minimum absolute atomic E-state index is 0.160. The molecule has 1 aliphatic rings. The Morgan fingerprint density at radius 1 is 1.16 bits per heavy atom. The molecular weight excluding hydrogens is 234 g/mol. The van der Waals surface area contributed by atoms with Crippen LogP contribution in [0.1, 0.15) is 51.3 Å². The fourth-order valence-corrected chi connectivity index (χ4v) is 2.77. The average molecular weight is 261 g/mol. The van der Waals surface area contributed by atoms with Gasteiger partial charge in [-0.3, -0.25) is 0 Å². The molecule has 1 aliphatic heterocycles. The van der Waals surface area contributed by atoms with E-state index < -0.39 is 0 Å². The minimum Gasteiger partial charge on any atom is -0.372 e. The van der Waals surface area contributed by atoms with Crippen molar-refractivity contribution in [3.63, 3.8) is 0 Å². The lowest BCUT2D eigenvalue weighted by atomic mass is 9.84. The Hall–Kier alpha value is -0.860. The van der Waals surface area contributed by atoms with E-state index in [-0.39, 0.29) is 11.5 Å². The van der Waals surface area contributed by atoms with Crippen molar-refractivity contribution in [2.45, 2.75) is 59.2 Å². The predicted molar refractivity (Wildman–Crippen MR) is 80.3 cm³/mol. The van der Waals surface area contributed by atoms with Gasteiger partial charge in [0.05, 0.1) is 6.10 Å². The van der Waals surface area contributed by atoms with Crippen molar-refractivity contribution in [2.24, 2.45) is 5.41 Å². The van der Waals surface area contributed by atoms with E-state index in [0.717, 1.165) is 13.0 Å². The third-order valence-corrected chi connectivity index (χ3v) is 4.07. The van der Waals surface area contributed by atoms with Crippen molar-refractivity contribution in [1.82, 2.24) is 5.32 Å². The van der Waals surface area contributed by atoms with Crippen LogP contribution in [0.4, 0.5) is 0 Å². The number of benzene rings is 1. The van der Waals surface area contributed by atoms with Crippen molar-refractivity contribution >= 4 is 0 Å². The molecule has 0 radical (unpaired) electrons. The van der Waals surface area contributed by atoms with Crippen LogP contribution in [-0.4, -0.2) is 18.7 Å². The van der Waals surface area contributed by atoms with Gasteiger partial charge in [-0.25, -0.2) is 0 Å². The van der Waals surface area contributed by atoms with Gasteiger partial charge in [0.15, 0.2) is 0 Å². The van der Waals surface area contributed by atoms with E-state index in [2.05, 4.69) is 64.2 Å². The van der Waals surface area contributed by atoms with Gasteiger partial charge in [0.1, 0.15) is 0 Å². The maximum absolute atomic E-state index is 6.10. The highest BCUT2D eigenvalue weighted by Crippen LogP contribution is 2.30. The Kier molecular flexibility index (Phi) is 4.32. The number of hydrogen-bond acceptors (Lipinski definition) is 2. The van der Waals surface area contributed by atoms with E-state index in [1.807, 2.05) is 0 Å². The van der Waals surface area contributed by atoms with Gasteiger partial charge in [-0.1, -0.05) is 50.6 Å². The molecule has 3 unspecified atom stereocenters. The lowest BCUT2D eigenvalue weighted by Gasteiger charge is -2.33. The zero-order valence-corrected chi connectivity index (χ0v) is 12.9. The summed E-state index contributed by atoms with van der Waals surface area (Å²) < 4.78 is 6.10. The quantitative estimate of drug-likeness (QED) is 0.829. The summed E-state index contributed by atoms with van der Waals surface area (Å²) in [5.74, 6) is 0. The molecule has 0 spiro atoms. The average Bonchev–Trinajstić information content (AvgIpc) is 2.52. The summed E-state index contributed by atoms with van der Waals surface area (Å²) in [7, 11) is 0. The van der Waals surface area contributed by atoms with Crippen molar-refractivity contribution in [1.29, 1.82) is 0 Å². The Labute approximate surface area is 117 Å². The van der Waals surface area contributed by atoms with Gasteiger partial charge in [0, 0.05) is 18.7 Å². The van der Waals surface area contributed by atoms with Crippen LogP contribution in [0.25, 0.3) is 0 Å². The summed E-state index contributed by atoms with van der Waals surface area (Å²) >= 11 is 0. The summed E-state index contributed by atoms with van der Waals surface area (Å²) in [6.45, 7) is 12.1. The number of nitrogens with one attached hydrogen (secondary N) is 1. The first-order chi connectivity index (χ1) is 8.88. The Bertz CT molecular complexity index is 404. The number of rotatable bonds is 1. The Balaban J connectivity index is 2.13. The second kappa shape index (κ2) is 5.64. The summed E-state index contributed by atoms with van der Waals surface area (Å²) in [6, 6.07) is 9.56. The first-order valence-electron chi connectivity index (χ1n) is 7.32. The molecule has 3 atom stereocenters. The lowest BCUT2D eigenvalue weighted by Crippen LogP contribution is -2.45. The van der Waals surface area contributed by atoms with Crippen molar-refractivity contribution < 1.29 is 4.74 Å². The summed E-state index contributed by atoms with van der Waals surface area (Å²) in [5, 5.41) is 3.76. The molecule has 2 heteroatoms. The SMILES string of the molecule is Cc1ccc(C2OCCC(C(C)(C)C)NC2C)cc1. The molecule has 1 heterocycles. The van der Waals surface area contributed by atoms with Gasteiger partial charge in [-0.05, 0) is 31.2 Å². The van der Waals surface area contributed by atoms with Gasteiger partial charge >= 0.3 is 0 Å². The lowest BCUT2D eigenvalue weighted by molar-refractivity contribution is 0.0460. The van der Waals surface area contributed by atoms with Crippen LogP contribution in [0.2, 0.25) is 0 Å². The molecule has 1 aromatic carbocycles. The van der Waals surface area contributed by atoms with Gasteiger partial charge in [-0.15, -0.1) is 0 Å². The molecule has 2 nitrogen and oxygen atoms in total. The first-order valence-corrected chi connectivity index (χ1v) is 7.32. The van der Waals surface area contributed by atoms with Crippen LogP contribution < -0.4 is 5.32 Å². The van der Waals surface area contributed by atoms with E-state index in [0.29, 0.717) is 12.1 Å². The molecule has 0 bridgehead atoms. The highest BCUT2D eigenvalue weighted by Gasteiger charge is 2.32. The molecule has 1 aromatic rings. The van der Waals surface area contributed by atoms with Crippen LogP contribution >= 0.6 is 0 Å². The standard InChI is InChI=1S/C17H27NO/c1-12-6-8-14(9-7-12)16-13(2)18-15(10-11-19-16)17(3,4)5/h6-9,13,15-16,18H,10-11H2,1-5H3. The van der Waals surface area contributed by atoms with E-state index in [1.165, 1.54) is 11.1 Å². The molecule has 106 valence electrons. The third-order valence-electron chi connectivity index (χ3n) is 4.07. The Morgan fingerprint density at radius 3 is 2.37 bits per heavy atom. The summed E-state index contributed by atoms with van der Waals surface area (Å²) in [5.41, 5.74) is 2.85. The van der Waals surface area contributed by atoms with E-state index >= 15 is 0 Å². The molecule has 0 aromatic heterocycles. The smallest absolute Gasteiger partial charge is 0.0975 e. The third kappa shape index (κ3) is 3.58. The number of ether oxygens (including phenoxy) is 1. The van der Waals surface area contributed by atoms with Crippen molar-refractivity contribution in [3.05, 3.63) is 35.4 Å². The predicted octanol–water partition coefficient (Wildman–Crippen LogP) is 3.85. The highest BCUT2D eigenvalue weighted by atomic mass is 16.5. The first kappa shape index (κ1) is 14.5. The van der Waals surface area contributed by atoms with Crippen LogP contribution in [0.3, 0.4) is 0 Å². The zero-order chi connectivity index (χ0) is 14.0. The molecule has 19 heavy (non-hydrogen) atoms. The Morgan fingerprint density at radius 2 is 1.79 bits per heavy atom. The van der Waals surface area contributed by atoms with Crippen molar-refractivity contribution in [2.75, 3.05) is 6.61 Å². The summed E-state index contributed by atoms with van der Waals surface area (Å²) in [6.07, 6.45) is 1.24. The van der Waals surface area contributed by atoms with Gasteiger partial charge in [0.2, 0.25) is 0 Å². The fraction of sp³-hybridized carbons (Fsp3) is 0.647. The van der Waals surface area contributed by atoms with Gasteiger partial charge in [0.25, 0.3) is 0 Å². The maximum atomic E-state index is 6.10. The monoisotopic (exact) mass is 261 g/mol. The summed E-state index contributed by atoms with van der Waals surface area (Å²) in [4.78, 5) is 0. The van der Waals surface area contributed by atoms with Gasteiger partial charge in [-0.2, -0.15) is 0 Å². The molecule has 1 fully saturated rings. The zero-order valence-electron chi connectivity index (χ0n) is 12.9. The van der Waals surface area contributed by atoms with Gasteiger partial charge < -0.3 is 10.1 Å². The molecule has 2 rings (SSSR count). The van der Waals surface area contributed by atoms with Crippen LogP contribution in [0.15, 0.2) is 24.3 Å².